The lowest BCUT2D eigenvalue weighted by molar-refractivity contribution is -0.118. The molecule has 2 aromatic carbocycles. The van der Waals surface area contributed by atoms with Crippen molar-refractivity contribution in [3.8, 4) is 6.07 Å². The number of carbonyl (C=O) groups excluding carboxylic acids is 1. The van der Waals surface area contributed by atoms with E-state index in [0.717, 1.165) is 10.9 Å². The van der Waals surface area contributed by atoms with Crippen molar-refractivity contribution in [3.05, 3.63) is 77.0 Å². The first kappa shape index (κ1) is 18.3. The Hall–Kier alpha value is -4.06. The van der Waals surface area contributed by atoms with E-state index in [-0.39, 0.29) is 12.1 Å². The molecule has 0 saturated carbocycles. The predicted octanol–water partition coefficient (Wildman–Crippen LogP) is 1.84. The molecule has 2 aromatic heterocycles. The fraction of sp³-hybridized carbons (Fsp3) is 0.150. The first-order valence-electron chi connectivity index (χ1n) is 8.76. The van der Waals surface area contributed by atoms with Crippen LogP contribution in [-0.2, 0) is 18.4 Å². The normalized spacial score (nSPS) is 12.0. The molecule has 1 unspecified atom stereocenters. The number of nitrogens with two attached hydrogens (primary N) is 1. The molecule has 2 N–H and O–H groups in total. The maximum atomic E-state index is 13.8. The summed E-state index contributed by atoms with van der Waals surface area (Å²) in [6.45, 7) is 0.190. The smallest absolute Gasteiger partial charge is 0.231 e. The molecule has 9 heteroatoms. The first-order valence-corrected chi connectivity index (χ1v) is 8.76. The molecule has 1 amide bonds. The fourth-order valence-corrected chi connectivity index (χ4v) is 3.27. The Kier molecular flexibility index (Phi) is 4.52. The third-order valence-electron chi connectivity index (χ3n) is 4.72. The standard InChI is InChI=1S/C20H16FN7O/c1-27-18-5-4-13(7-15(18)9-24-27)19(20(23)29)17-10-25-28(26-17)11-12-2-3-14(8-22)16(21)6-12/h2-7,9-10,19H,11H2,1H3,(H2,23,29). The van der Waals surface area contributed by atoms with E-state index in [1.807, 2.05) is 25.2 Å². The number of primary amides is 1. The summed E-state index contributed by atoms with van der Waals surface area (Å²) in [5.74, 6) is -1.92. The summed E-state index contributed by atoms with van der Waals surface area (Å²) < 4.78 is 15.5. The van der Waals surface area contributed by atoms with Gasteiger partial charge in [-0.05, 0) is 35.4 Å². The molecule has 0 aliphatic heterocycles. The van der Waals surface area contributed by atoms with Gasteiger partial charge >= 0.3 is 0 Å². The topological polar surface area (TPSA) is 115 Å². The molecular formula is C20H16FN7O. The molecule has 0 fully saturated rings. The average molecular weight is 389 g/mol. The molecule has 0 spiro atoms. The van der Waals surface area contributed by atoms with E-state index in [9.17, 15) is 9.18 Å². The molecule has 0 aliphatic rings. The van der Waals surface area contributed by atoms with Gasteiger partial charge < -0.3 is 5.73 Å². The molecule has 29 heavy (non-hydrogen) atoms. The third-order valence-corrected chi connectivity index (χ3v) is 4.72. The number of aryl methyl sites for hydroxylation is 1. The molecule has 144 valence electrons. The minimum absolute atomic E-state index is 0.0255. The largest absolute Gasteiger partial charge is 0.369 e. The Bertz CT molecular complexity index is 1270. The van der Waals surface area contributed by atoms with E-state index in [1.54, 1.807) is 23.0 Å². The van der Waals surface area contributed by atoms with Crippen LogP contribution in [0, 0.1) is 17.1 Å². The van der Waals surface area contributed by atoms with Gasteiger partial charge in [-0.2, -0.15) is 25.4 Å². The molecule has 0 bridgehead atoms. The van der Waals surface area contributed by atoms with E-state index in [4.69, 9.17) is 11.0 Å². The van der Waals surface area contributed by atoms with Gasteiger partial charge in [0.05, 0.1) is 35.7 Å². The van der Waals surface area contributed by atoms with Crippen molar-refractivity contribution in [1.82, 2.24) is 24.8 Å². The highest BCUT2D eigenvalue weighted by atomic mass is 19.1. The highest BCUT2D eigenvalue weighted by Gasteiger charge is 2.24. The van der Waals surface area contributed by atoms with Crippen LogP contribution in [0.2, 0.25) is 0 Å². The van der Waals surface area contributed by atoms with Crippen LogP contribution >= 0.6 is 0 Å². The second kappa shape index (κ2) is 7.16. The van der Waals surface area contributed by atoms with Crippen molar-refractivity contribution in [2.24, 2.45) is 12.8 Å². The van der Waals surface area contributed by atoms with E-state index < -0.39 is 17.6 Å². The van der Waals surface area contributed by atoms with Gasteiger partial charge in [-0.25, -0.2) is 4.39 Å². The number of hydrogen-bond donors (Lipinski definition) is 1. The quantitative estimate of drug-likeness (QED) is 0.559. The molecule has 4 rings (SSSR count). The maximum absolute atomic E-state index is 13.8. The third kappa shape index (κ3) is 3.43. The summed E-state index contributed by atoms with van der Waals surface area (Å²) in [4.78, 5) is 13.5. The minimum atomic E-state index is -0.772. The predicted molar refractivity (Wildman–Crippen MR) is 102 cm³/mol. The lowest BCUT2D eigenvalue weighted by Crippen LogP contribution is -2.23. The Morgan fingerprint density at radius 2 is 2.07 bits per heavy atom. The number of amides is 1. The van der Waals surface area contributed by atoms with Crippen LogP contribution in [0.1, 0.15) is 28.3 Å². The number of halogens is 1. The van der Waals surface area contributed by atoms with Crippen LogP contribution in [0.3, 0.4) is 0 Å². The minimum Gasteiger partial charge on any atom is -0.369 e. The van der Waals surface area contributed by atoms with Crippen molar-refractivity contribution in [2.45, 2.75) is 12.5 Å². The van der Waals surface area contributed by atoms with Crippen LogP contribution in [0.15, 0.2) is 48.8 Å². The number of hydrogen-bond acceptors (Lipinski definition) is 5. The van der Waals surface area contributed by atoms with Gasteiger partial charge in [-0.1, -0.05) is 12.1 Å². The SMILES string of the molecule is Cn1ncc2cc(C(C(N)=O)c3cnn(Cc4ccc(C#N)c(F)c4)n3)ccc21. The summed E-state index contributed by atoms with van der Waals surface area (Å²) in [5.41, 5.74) is 8.24. The van der Waals surface area contributed by atoms with E-state index in [0.29, 0.717) is 16.8 Å². The Balaban J connectivity index is 1.63. The van der Waals surface area contributed by atoms with Crippen molar-refractivity contribution in [2.75, 3.05) is 0 Å². The number of carbonyl (C=O) groups is 1. The van der Waals surface area contributed by atoms with Gasteiger partial charge in [-0.3, -0.25) is 9.48 Å². The summed E-state index contributed by atoms with van der Waals surface area (Å²) in [6.07, 6.45) is 3.19. The Morgan fingerprint density at radius 3 is 2.79 bits per heavy atom. The van der Waals surface area contributed by atoms with Crippen LogP contribution < -0.4 is 5.73 Å². The van der Waals surface area contributed by atoms with E-state index in [2.05, 4.69) is 15.3 Å². The van der Waals surface area contributed by atoms with Gasteiger partial charge in [0.1, 0.15) is 17.8 Å². The van der Waals surface area contributed by atoms with Crippen molar-refractivity contribution in [3.63, 3.8) is 0 Å². The second-order valence-electron chi connectivity index (χ2n) is 6.65. The molecule has 0 aliphatic carbocycles. The van der Waals surface area contributed by atoms with Crippen molar-refractivity contribution in [1.29, 1.82) is 5.26 Å². The number of aromatic nitrogens is 5. The lowest BCUT2D eigenvalue weighted by Gasteiger charge is -2.11. The molecule has 1 atom stereocenters. The van der Waals surface area contributed by atoms with Crippen molar-refractivity contribution < 1.29 is 9.18 Å². The van der Waals surface area contributed by atoms with Gasteiger partial charge in [0.2, 0.25) is 5.91 Å². The summed E-state index contributed by atoms with van der Waals surface area (Å²) in [5, 5.41) is 22.4. The zero-order chi connectivity index (χ0) is 20.5. The van der Waals surface area contributed by atoms with E-state index in [1.165, 1.54) is 23.1 Å². The summed E-state index contributed by atoms with van der Waals surface area (Å²) in [7, 11) is 1.84. The van der Waals surface area contributed by atoms with Crippen LogP contribution in [0.25, 0.3) is 10.9 Å². The number of rotatable bonds is 5. The molecule has 0 radical (unpaired) electrons. The molecule has 0 saturated heterocycles. The molecule has 4 aromatic rings. The van der Waals surface area contributed by atoms with Gasteiger partial charge in [0.15, 0.2) is 0 Å². The first-order chi connectivity index (χ1) is 14.0. The Labute approximate surface area is 165 Å². The highest BCUT2D eigenvalue weighted by Crippen LogP contribution is 2.26. The maximum Gasteiger partial charge on any atom is 0.231 e. The van der Waals surface area contributed by atoms with Crippen LogP contribution in [0.5, 0.6) is 0 Å². The van der Waals surface area contributed by atoms with Gasteiger partial charge in [0.25, 0.3) is 0 Å². The molecule has 8 nitrogen and oxygen atoms in total. The van der Waals surface area contributed by atoms with Crippen LogP contribution in [-0.4, -0.2) is 30.7 Å². The molecular weight excluding hydrogens is 373 g/mol. The zero-order valence-corrected chi connectivity index (χ0v) is 15.5. The summed E-state index contributed by atoms with van der Waals surface area (Å²) >= 11 is 0. The molecule has 2 heterocycles. The average Bonchev–Trinajstić information content (AvgIpc) is 3.29. The van der Waals surface area contributed by atoms with Gasteiger partial charge in [-0.15, -0.1) is 0 Å². The number of benzene rings is 2. The highest BCUT2D eigenvalue weighted by molar-refractivity contribution is 5.87. The number of nitriles is 1. The zero-order valence-electron chi connectivity index (χ0n) is 15.5. The number of fused-ring (bicyclic) bond motifs is 1. The number of nitrogens with zero attached hydrogens (tertiary/aromatic N) is 6. The second-order valence-corrected chi connectivity index (χ2v) is 6.65. The summed E-state index contributed by atoms with van der Waals surface area (Å²) in [6, 6.07) is 11.6. The van der Waals surface area contributed by atoms with E-state index >= 15 is 0 Å². The fourth-order valence-electron chi connectivity index (χ4n) is 3.27. The van der Waals surface area contributed by atoms with Gasteiger partial charge in [0, 0.05) is 12.4 Å². The monoisotopic (exact) mass is 389 g/mol. The van der Waals surface area contributed by atoms with Crippen LogP contribution in [0.4, 0.5) is 4.39 Å². The Morgan fingerprint density at radius 1 is 1.24 bits per heavy atom. The lowest BCUT2D eigenvalue weighted by atomic mass is 9.94. The van der Waals surface area contributed by atoms with Crippen molar-refractivity contribution >= 4 is 16.8 Å².